The number of rotatable bonds is 9. The summed E-state index contributed by atoms with van der Waals surface area (Å²) in [4.78, 5) is 28.9. The molecule has 44 heavy (non-hydrogen) atoms. The molecule has 13 heteroatoms. The second-order valence-electron chi connectivity index (χ2n) is 11.1. The molecule has 0 aliphatic rings. The molecule has 6 rings (SSSR count). The van der Waals surface area contributed by atoms with E-state index in [1.54, 1.807) is 37.1 Å². The van der Waals surface area contributed by atoms with Crippen LogP contribution in [-0.4, -0.2) is 50.7 Å². The number of nitrogens with one attached hydrogen (secondary N) is 4. The third-order valence-corrected chi connectivity index (χ3v) is 7.64. The number of aromatic amines is 2. The van der Waals surface area contributed by atoms with E-state index >= 15 is 0 Å². The number of amides is 1. The highest BCUT2D eigenvalue weighted by Gasteiger charge is 2.17. The van der Waals surface area contributed by atoms with E-state index in [9.17, 15) is 17.6 Å². The molecule has 5 aromatic heterocycles. The fourth-order valence-corrected chi connectivity index (χ4v) is 5.47. The molecule has 0 fully saturated rings. The van der Waals surface area contributed by atoms with Crippen LogP contribution in [0.15, 0.2) is 67.4 Å². The first-order chi connectivity index (χ1) is 21.0. The maximum atomic E-state index is 14.6. The molecule has 1 aromatic carbocycles. The van der Waals surface area contributed by atoms with Gasteiger partial charge < -0.3 is 10.3 Å². The zero-order valence-corrected chi connectivity index (χ0v) is 25.0. The summed E-state index contributed by atoms with van der Waals surface area (Å²) in [5.41, 5.74) is 6.50. The largest absolute Gasteiger partial charge is 0.352 e. The van der Waals surface area contributed by atoms with Crippen molar-refractivity contribution in [3.63, 3.8) is 0 Å². The topological polar surface area (TPSA) is 158 Å². The Hall–Kier alpha value is -5.01. The minimum atomic E-state index is -3.44. The summed E-state index contributed by atoms with van der Waals surface area (Å²) in [5, 5.41) is 12.1. The van der Waals surface area contributed by atoms with Crippen molar-refractivity contribution in [2.45, 2.75) is 26.8 Å². The lowest BCUT2D eigenvalue weighted by Crippen LogP contribution is -2.21. The molecule has 0 saturated heterocycles. The van der Waals surface area contributed by atoms with Crippen LogP contribution in [0.3, 0.4) is 0 Å². The summed E-state index contributed by atoms with van der Waals surface area (Å²) in [6.07, 6.45) is 9.77. The normalized spacial score (nSPS) is 11.9. The number of nitrogens with zero attached hydrogens (tertiary/aromatic N) is 4. The SMILES string of the molecule is CC(C)CC(=O)Nc1cncc(-c2cc3c(-c4cc5c(-c6cc(F)cc(CNS(C)(=O)=O)c6)cncc5[nH]4)n[nH]c3cn2)c1. The van der Waals surface area contributed by atoms with Crippen molar-refractivity contribution in [2.24, 2.45) is 5.92 Å². The molecule has 0 atom stereocenters. The molecule has 0 radical (unpaired) electrons. The van der Waals surface area contributed by atoms with Crippen LogP contribution in [0.4, 0.5) is 10.1 Å². The lowest BCUT2D eigenvalue weighted by Gasteiger charge is -2.08. The van der Waals surface area contributed by atoms with Crippen molar-refractivity contribution in [2.75, 3.05) is 11.6 Å². The number of sulfonamides is 1. The Morgan fingerprint density at radius 1 is 0.932 bits per heavy atom. The Morgan fingerprint density at radius 3 is 2.55 bits per heavy atom. The molecular weight excluding hydrogens is 583 g/mol. The Balaban J connectivity index is 1.36. The first kappa shape index (κ1) is 29.1. The molecule has 4 N–H and O–H groups in total. The number of pyridine rings is 3. The van der Waals surface area contributed by atoms with Gasteiger partial charge in [0.05, 0.1) is 53.0 Å². The van der Waals surface area contributed by atoms with Gasteiger partial charge in [0, 0.05) is 47.3 Å². The standard InChI is InChI=1S/C31H29FN8O3S/c1-17(2)4-30(41)37-22-8-20(12-33-13-22)26-10-24-29(16-35-26)39-40-31(24)27-9-23-25(14-34-15-28(23)38-27)19-5-18(6-21(32)7-19)11-36-44(3,42)43/h5-10,12-17,36,38H,4,11H2,1-3H3,(H,37,41)(H,39,40). The van der Waals surface area contributed by atoms with Gasteiger partial charge >= 0.3 is 0 Å². The Labute approximate surface area is 252 Å². The molecule has 5 heterocycles. The lowest BCUT2D eigenvalue weighted by atomic mass is 10.0. The van der Waals surface area contributed by atoms with Crippen molar-refractivity contribution in [3.8, 4) is 33.8 Å². The van der Waals surface area contributed by atoms with Crippen LogP contribution in [-0.2, 0) is 21.4 Å². The van der Waals surface area contributed by atoms with Gasteiger partial charge in [0.15, 0.2) is 0 Å². The number of carbonyl (C=O) groups excluding carboxylic acids is 1. The maximum Gasteiger partial charge on any atom is 0.224 e. The van der Waals surface area contributed by atoms with Crippen LogP contribution in [0, 0.1) is 11.7 Å². The average molecular weight is 613 g/mol. The molecule has 11 nitrogen and oxygen atoms in total. The predicted octanol–water partition coefficient (Wildman–Crippen LogP) is 5.40. The van der Waals surface area contributed by atoms with Gasteiger partial charge in [0.1, 0.15) is 11.5 Å². The van der Waals surface area contributed by atoms with E-state index in [2.05, 4.69) is 40.2 Å². The smallest absolute Gasteiger partial charge is 0.224 e. The predicted molar refractivity (Wildman–Crippen MR) is 167 cm³/mol. The molecular formula is C31H29FN8O3S. The zero-order chi connectivity index (χ0) is 31.0. The van der Waals surface area contributed by atoms with Crippen LogP contribution in [0.1, 0.15) is 25.8 Å². The van der Waals surface area contributed by atoms with Crippen molar-refractivity contribution < 1.29 is 17.6 Å². The van der Waals surface area contributed by atoms with Gasteiger partial charge in [-0.2, -0.15) is 5.10 Å². The summed E-state index contributed by atoms with van der Waals surface area (Å²) in [5.74, 6) is -0.328. The van der Waals surface area contributed by atoms with E-state index in [0.29, 0.717) is 45.9 Å². The molecule has 224 valence electrons. The highest BCUT2D eigenvalue weighted by atomic mass is 32.2. The van der Waals surface area contributed by atoms with Gasteiger partial charge in [0.25, 0.3) is 0 Å². The number of halogens is 1. The number of benzene rings is 1. The number of hydrogen-bond acceptors (Lipinski definition) is 7. The summed E-state index contributed by atoms with van der Waals surface area (Å²) >= 11 is 0. The van der Waals surface area contributed by atoms with Crippen LogP contribution < -0.4 is 10.0 Å². The average Bonchev–Trinajstić information content (AvgIpc) is 3.59. The van der Waals surface area contributed by atoms with E-state index in [1.807, 2.05) is 32.0 Å². The van der Waals surface area contributed by atoms with E-state index in [0.717, 1.165) is 33.6 Å². The van der Waals surface area contributed by atoms with Gasteiger partial charge in [0.2, 0.25) is 15.9 Å². The van der Waals surface area contributed by atoms with E-state index < -0.39 is 15.8 Å². The number of fused-ring (bicyclic) bond motifs is 2. The number of carbonyl (C=O) groups is 1. The van der Waals surface area contributed by atoms with Crippen molar-refractivity contribution >= 4 is 43.4 Å². The summed E-state index contributed by atoms with van der Waals surface area (Å²) in [6.45, 7) is 3.93. The van der Waals surface area contributed by atoms with Crippen LogP contribution in [0.2, 0.25) is 0 Å². The summed E-state index contributed by atoms with van der Waals surface area (Å²) in [6, 6.07) is 10.1. The molecule has 0 unspecified atom stereocenters. The second-order valence-corrected chi connectivity index (χ2v) is 12.9. The number of anilines is 1. The van der Waals surface area contributed by atoms with Crippen LogP contribution >= 0.6 is 0 Å². The minimum Gasteiger partial charge on any atom is -0.352 e. The van der Waals surface area contributed by atoms with E-state index in [4.69, 9.17) is 0 Å². The first-order valence-electron chi connectivity index (χ1n) is 13.8. The van der Waals surface area contributed by atoms with Gasteiger partial charge in [-0.15, -0.1) is 0 Å². The van der Waals surface area contributed by atoms with Gasteiger partial charge in [-0.3, -0.25) is 24.8 Å². The van der Waals surface area contributed by atoms with Crippen molar-refractivity contribution in [3.05, 3.63) is 78.8 Å². The monoisotopic (exact) mass is 612 g/mol. The van der Waals surface area contributed by atoms with Crippen LogP contribution in [0.5, 0.6) is 0 Å². The minimum absolute atomic E-state index is 0.0379. The van der Waals surface area contributed by atoms with Crippen molar-refractivity contribution in [1.29, 1.82) is 0 Å². The number of hydrogen-bond donors (Lipinski definition) is 4. The Morgan fingerprint density at radius 2 is 1.75 bits per heavy atom. The molecule has 0 aliphatic heterocycles. The zero-order valence-electron chi connectivity index (χ0n) is 24.1. The molecule has 0 aliphatic carbocycles. The highest BCUT2D eigenvalue weighted by Crippen LogP contribution is 2.35. The Kier molecular flexibility index (Phi) is 7.66. The van der Waals surface area contributed by atoms with E-state index in [-0.39, 0.29) is 18.4 Å². The number of H-pyrrole nitrogens is 2. The van der Waals surface area contributed by atoms with Crippen LogP contribution in [0.25, 0.3) is 55.6 Å². The van der Waals surface area contributed by atoms with Gasteiger partial charge in [-0.25, -0.2) is 17.5 Å². The summed E-state index contributed by atoms with van der Waals surface area (Å²) in [7, 11) is -3.44. The van der Waals surface area contributed by atoms with E-state index in [1.165, 1.54) is 12.1 Å². The quantitative estimate of drug-likeness (QED) is 0.170. The molecule has 6 aromatic rings. The third-order valence-electron chi connectivity index (χ3n) is 6.97. The third kappa shape index (κ3) is 6.33. The second kappa shape index (κ2) is 11.6. The lowest BCUT2D eigenvalue weighted by molar-refractivity contribution is -0.116. The van der Waals surface area contributed by atoms with Gasteiger partial charge in [-0.05, 0) is 53.4 Å². The molecule has 0 spiro atoms. The Bertz CT molecular complexity index is 2140. The molecule has 0 bridgehead atoms. The molecule has 0 saturated carbocycles. The van der Waals surface area contributed by atoms with Gasteiger partial charge in [-0.1, -0.05) is 13.8 Å². The fraction of sp³-hybridized carbons (Fsp3) is 0.194. The molecule has 1 amide bonds. The number of aromatic nitrogens is 6. The fourth-order valence-electron chi connectivity index (χ4n) is 5.04. The highest BCUT2D eigenvalue weighted by molar-refractivity contribution is 7.88. The summed E-state index contributed by atoms with van der Waals surface area (Å²) < 4.78 is 40.1. The maximum absolute atomic E-state index is 14.6. The first-order valence-corrected chi connectivity index (χ1v) is 15.7. The van der Waals surface area contributed by atoms with Crippen molar-refractivity contribution in [1.82, 2.24) is 34.9 Å².